The minimum absolute atomic E-state index is 0.142. The third kappa shape index (κ3) is 4.07. The first-order chi connectivity index (χ1) is 17.6. The van der Waals surface area contributed by atoms with Gasteiger partial charge in [0.15, 0.2) is 0 Å². The summed E-state index contributed by atoms with van der Waals surface area (Å²) in [6.45, 7) is 0.870. The number of benzene rings is 2. The van der Waals surface area contributed by atoms with Gasteiger partial charge < -0.3 is 19.5 Å². The highest BCUT2D eigenvalue weighted by molar-refractivity contribution is 7.15. The maximum absolute atomic E-state index is 13.8. The lowest BCUT2D eigenvalue weighted by Crippen LogP contribution is -2.41. The number of amides is 2. The minimum Gasteiger partial charge on any atom is -0.497 e. The normalized spacial score (nSPS) is 16.5. The maximum Gasteiger partial charge on any atom is 0.318 e. The second-order valence-electron chi connectivity index (χ2n) is 9.39. The van der Waals surface area contributed by atoms with E-state index in [2.05, 4.69) is 28.2 Å². The van der Waals surface area contributed by atoms with Crippen LogP contribution < -0.4 is 10.1 Å². The fraction of sp³-hybridized carbons (Fsp3) is 0.276. The van der Waals surface area contributed by atoms with Crippen molar-refractivity contribution >= 4 is 17.4 Å². The van der Waals surface area contributed by atoms with E-state index in [1.165, 1.54) is 46.0 Å². The van der Waals surface area contributed by atoms with Gasteiger partial charge in [-0.2, -0.15) is 0 Å². The molecule has 2 aromatic carbocycles. The maximum atomic E-state index is 13.8. The summed E-state index contributed by atoms with van der Waals surface area (Å²) in [4.78, 5) is 17.2. The molecule has 1 N–H and O–H groups in total. The van der Waals surface area contributed by atoms with Crippen molar-refractivity contribution in [2.45, 2.75) is 44.8 Å². The number of thiophene rings is 1. The van der Waals surface area contributed by atoms with Crippen molar-refractivity contribution in [1.82, 2.24) is 14.8 Å². The van der Waals surface area contributed by atoms with Crippen LogP contribution in [0.2, 0.25) is 0 Å². The van der Waals surface area contributed by atoms with Crippen molar-refractivity contribution in [2.24, 2.45) is 0 Å². The van der Waals surface area contributed by atoms with Crippen LogP contribution >= 0.6 is 11.3 Å². The molecule has 1 aliphatic carbocycles. The topological polar surface area (TPSA) is 46.5 Å². The zero-order chi connectivity index (χ0) is 24.6. The molecule has 0 radical (unpaired) electrons. The highest BCUT2D eigenvalue weighted by atomic mass is 32.1. The van der Waals surface area contributed by atoms with Gasteiger partial charge >= 0.3 is 6.03 Å². The molecule has 2 amide bonds. The molecule has 184 valence electrons. The van der Waals surface area contributed by atoms with Crippen molar-refractivity contribution in [1.29, 1.82) is 0 Å². The zero-order valence-electron chi connectivity index (χ0n) is 20.2. The van der Waals surface area contributed by atoms with Crippen molar-refractivity contribution in [3.8, 4) is 10.8 Å². The van der Waals surface area contributed by atoms with E-state index in [4.69, 9.17) is 4.74 Å². The molecule has 2 aromatic heterocycles. The van der Waals surface area contributed by atoms with E-state index in [1.807, 2.05) is 40.5 Å². The number of carbonyl (C=O) groups excluding carboxylic acids is 1. The van der Waals surface area contributed by atoms with Gasteiger partial charge in [0, 0.05) is 23.2 Å². The molecule has 0 saturated heterocycles. The number of nitrogens with zero attached hydrogens (tertiary/aromatic N) is 2. The molecule has 0 bridgehead atoms. The van der Waals surface area contributed by atoms with E-state index >= 15 is 0 Å². The Labute approximate surface area is 214 Å². The number of rotatable bonds is 4. The van der Waals surface area contributed by atoms with Gasteiger partial charge in [-0.3, -0.25) is 0 Å². The van der Waals surface area contributed by atoms with E-state index in [-0.39, 0.29) is 17.9 Å². The lowest BCUT2D eigenvalue weighted by atomic mass is 9.95. The van der Waals surface area contributed by atoms with Crippen LogP contribution in [-0.4, -0.2) is 22.6 Å². The number of ether oxygens (including phenoxy) is 1. The average Bonchev–Trinajstić information content (AvgIpc) is 3.50. The third-order valence-electron chi connectivity index (χ3n) is 7.23. The summed E-state index contributed by atoms with van der Waals surface area (Å²) < 4.78 is 21.0. The molecule has 3 heterocycles. The summed E-state index contributed by atoms with van der Waals surface area (Å²) in [7, 11) is 1.65. The second kappa shape index (κ2) is 9.47. The number of halogens is 1. The van der Waals surface area contributed by atoms with E-state index in [9.17, 15) is 9.18 Å². The smallest absolute Gasteiger partial charge is 0.318 e. The number of urea groups is 1. The summed E-state index contributed by atoms with van der Waals surface area (Å²) in [5, 5.41) is 4.33. The van der Waals surface area contributed by atoms with E-state index in [0.717, 1.165) is 35.4 Å². The number of nitrogens with one attached hydrogen (secondary N) is 1. The number of methoxy groups -OCH3 is 1. The van der Waals surface area contributed by atoms with E-state index in [1.54, 1.807) is 19.2 Å². The molecule has 1 atom stereocenters. The highest BCUT2D eigenvalue weighted by Gasteiger charge is 2.36. The summed E-state index contributed by atoms with van der Waals surface area (Å²) in [6.07, 6.45) is 6.71. The molecule has 0 unspecified atom stereocenters. The molecule has 5 nitrogen and oxygen atoms in total. The SMILES string of the molecule is COc1ccc([C@H]2c3cccn3-c3sc4c(c3CN2C(=O)NCc2ccc(F)cc2)CCCC4)cc1. The van der Waals surface area contributed by atoms with Crippen LogP contribution in [-0.2, 0) is 25.9 Å². The predicted molar refractivity (Wildman–Crippen MR) is 139 cm³/mol. The van der Waals surface area contributed by atoms with Crippen LogP contribution in [0.1, 0.15) is 51.7 Å². The van der Waals surface area contributed by atoms with Crippen LogP contribution in [0.3, 0.4) is 0 Å². The quantitative estimate of drug-likeness (QED) is 0.353. The Morgan fingerprint density at radius 1 is 1.06 bits per heavy atom. The monoisotopic (exact) mass is 501 g/mol. The number of hydrogen-bond acceptors (Lipinski definition) is 3. The van der Waals surface area contributed by atoms with Gasteiger partial charge in [-0.1, -0.05) is 24.3 Å². The van der Waals surface area contributed by atoms with Crippen LogP contribution in [0.5, 0.6) is 5.75 Å². The lowest BCUT2D eigenvalue weighted by molar-refractivity contribution is 0.180. The van der Waals surface area contributed by atoms with Crippen molar-refractivity contribution in [2.75, 3.05) is 7.11 Å². The van der Waals surface area contributed by atoms with Crippen LogP contribution in [0.25, 0.3) is 5.00 Å². The predicted octanol–water partition coefficient (Wildman–Crippen LogP) is 6.38. The molecule has 4 aromatic rings. The third-order valence-corrected chi connectivity index (χ3v) is 8.56. The Hall–Kier alpha value is -3.58. The van der Waals surface area contributed by atoms with Crippen molar-refractivity contribution in [3.05, 3.63) is 106 Å². The van der Waals surface area contributed by atoms with Gasteiger partial charge in [0.2, 0.25) is 0 Å². The number of hydrogen-bond donors (Lipinski definition) is 1. The number of carbonyl (C=O) groups is 1. The van der Waals surface area contributed by atoms with Gasteiger partial charge in [-0.15, -0.1) is 11.3 Å². The Bertz CT molecular complexity index is 1390. The number of aromatic nitrogens is 1. The highest BCUT2D eigenvalue weighted by Crippen LogP contribution is 2.44. The lowest BCUT2D eigenvalue weighted by Gasteiger charge is -2.31. The Morgan fingerprint density at radius 2 is 1.83 bits per heavy atom. The molecular weight excluding hydrogens is 473 g/mol. The number of fused-ring (bicyclic) bond motifs is 5. The van der Waals surface area contributed by atoms with Crippen LogP contribution in [0.15, 0.2) is 66.9 Å². The van der Waals surface area contributed by atoms with Gasteiger partial charge in [0.05, 0.1) is 25.4 Å². The molecule has 6 rings (SSSR count). The Morgan fingerprint density at radius 3 is 2.61 bits per heavy atom. The summed E-state index contributed by atoms with van der Waals surface area (Å²) in [5.41, 5.74) is 5.64. The standard InChI is InChI=1S/C29H28FN3O2S/c1-35-22-14-10-20(11-15-22)27-25-6-4-16-32(25)28-24(23-5-2-3-7-26(23)36-28)18-33(27)29(34)31-17-19-8-12-21(30)13-9-19/h4,6,8-16,27H,2-3,5,7,17-18H2,1H3,(H,31,34)/t27-/m0/s1. The van der Waals surface area contributed by atoms with Crippen molar-refractivity contribution < 1.29 is 13.9 Å². The molecule has 0 saturated carbocycles. The largest absolute Gasteiger partial charge is 0.497 e. The molecule has 1 aliphatic heterocycles. The molecule has 36 heavy (non-hydrogen) atoms. The Kier molecular flexibility index (Phi) is 6.01. The molecule has 7 heteroatoms. The van der Waals surface area contributed by atoms with E-state index in [0.29, 0.717) is 13.1 Å². The molecule has 2 aliphatic rings. The first kappa shape index (κ1) is 22.9. The van der Waals surface area contributed by atoms with Gasteiger partial charge in [-0.05, 0) is 78.8 Å². The fourth-order valence-corrected chi connectivity index (χ4v) is 6.81. The first-order valence-electron chi connectivity index (χ1n) is 12.4. The summed E-state index contributed by atoms with van der Waals surface area (Å²) in [6, 6.07) is 18.0. The zero-order valence-corrected chi connectivity index (χ0v) is 21.0. The molecule has 0 fully saturated rings. The van der Waals surface area contributed by atoms with E-state index < -0.39 is 0 Å². The minimum atomic E-state index is -0.285. The number of aryl methyl sites for hydroxylation is 1. The first-order valence-corrected chi connectivity index (χ1v) is 13.2. The average molecular weight is 502 g/mol. The molecule has 0 spiro atoms. The molecular formula is C29H28FN3O2S. The van der Waals surface area contributed by atoms with Gasteiger partial charge in [0.1, 0.15) is 16.6 Å². The van der Waals surface area contributed by atoms with Crippen LogP contribution in [0.4, 0.5) is 9.18 Å². The van der Waals surface area contributed by atoms with Gasteiger partial charge in [0.25, 0.3) is 0 Å². The summed E-state index contributed by atoms with van der Waals surface area (Å²) in [5.74, 6) is 0.496. The fourth-order valence-electron chi connectivity index (χ4n) is 5.41. The van der Waals surface area contributed by atoms with Crippen molar-refractivity contribution in [3.63, 3.8) is 0 Å². The summed E-state index contributed by atoms with van der Waals surface area (Å²) >= 11 is 1.88. The van der Waals surface area contributed by atoms with Gasteiger partial charge in [-0.25, -0.2) is 9.18 Å². The van der Waals surface area contributed by atoms with Crippen LogP contribution in [0, 0.1) is 5.82 Å². The second-order valence-corrected chi connectivity index (χ2v) is 10.5. The Balaban J connectivity index is 1.42.